The molecule has 0 radical (unpaired) electrons. The summed E-state index contributed by atoms with van der Waals surface area (Å²) in [4.78, 5) is 10.3. The Labute approximate surface area is 721 Å². The Kier molecular flexibility index (Phi) is 30.7. The van der Waals surface area contributed by atoms with Crippen LogP contribution in [0.2, 0.25) is 0 Å². The molecule has 12 aromatic rings. The molecule has 0 N–H and O–H groups in total. The van der Waals surface area contributed by atoms with Gasteiger partial charge in [-0.25, -0.2) is 145 Å². The van der Waals surface area contributed by atoms with Crippen LogP contribution in [0, 0.1) is 216 Å². The normalized spacial score (nSPS) is 11.2. The maximum Gasteiger partial charge on any atom is 0.358 e. The summed E-state index contributed by atoms with van der Waals surface area (Å²) >= 11 is -0.469. The Bertz CT molecular complexity index is 5500. The molecule has 662 valence electrons. The van der Waals surface area contributed by atoms with Crippen molar-refractivity contribution < 1.29 is 192 Å². The van der Waals surface area contributed by atoms with Crippen LogP contribution in [0.15, 0.2) is 162 Å². The standard InChI is InChI=1S/2C32H12BF16.C12H9FI.C12H9INO2/c2*1-5-9-17(34)25(42)13(26(43)18(9)35)33(14-27(44)19(36)10(6-2)20(37)28(14)45,15-29(46)21(38)11(7-3)22(39)30(15)47)16-31(48)23(40)12(8-4)24(41)32(16)49;13-10-6-8-12(9-7-10)14-11-4-2-1-3-5-11;15-14(16)12-8-4-7-11(9-12)13-10-5-2-1-3-6-10/h2*5-8H,1-4H2;1-9H;1-9H/q2*-1;2*+1. The van der Waals surface area contributed by atoms with Gasteiger partial charge in [0, 0.05) is 6.07 Å². The summed E-state index contributed by atoms with van der Waals surface area (Å²) in [6, 6.07) is 34.1. The van der Waals surface area contributed by atoms with Crippen LogP contribution in [0.25, 0.3) is 48.6 Å². The van der Waals surface area contributed by atoms with Gasteiger partial charge >= 0.3 is 42.4 Å². The third-order valence-corrected chi connectivity index (χ3v) is 24.8. The summed E-state index contributed by atoms with van der Waals surface area (Å²) in [5.41, 5.74) is -39.2. The van der Waals surface area contributed by atoms with E-state index in [1.807, 2.05) is 54.6 Å². The van der Waals surface area contributed by atoms with Crippen LogP contribution in [0.4, 0.5) is 151 Å². The van der Waals surface area contributed by atoms with Crippen LogP contribution in [0.5, 0.6) is 0 Å². The van der Waals surface area contributed by atoms with Crippen molar-refractivity contribution in [1.82, 2.24) is 0 Å². The molecule has 12 rings (SSSR count). The first-order chi connectivity index (χ1) is 60.3. The molecule has 0 fully saturated rings. The van der Waals surface area contributed by atoms with Gasteiger partial charge in [-0.3, -0.25) is 10.1 Å². The van der Waals surface area contributed by atoms with E-state index >= 15 is 140 Å². The second-order valence-corrected chi connectivity index (χ2v) is 32.0. The van der Waals surface area contributed by atoms with E-state index < -0.39 is 287 Å². The molecule has 128 heavy (non-hydrogen) atoms. The number of rotatable bonds is 21. The SMILES string of the molecule is C=Cc1c(F)c(F)c([B-](c2c(F)c(F)c(C=C)c(F)c2F)(c2c(F)c(F)c(C=C)c(F)c2F)c2c(F)c(F)c(C=C)c(F)c2F)c(F)c1F.C=Cc1c(F)c(F)c([B-](c2c(F)c(F)c(C=C)c(F)c2F)(c2c(F)c(F)c(C=C)c(F)c2F)c2c(F)c(F)c(C=C)c(F)c2F)c(F)c1F.Fc1ccc([I+]c2ccccc2)cc1.O=[N+]([O-])c1cccc([I+]c2ccccc2)c1. The van der Waals surface area contributed by atoms with Crippen molar-refractivity contribution in [3.8, 4) is 0 Å². The lowest BCUT2D eigenvalue weighted by Crippen LogP contribution is -3.61. The molecule has 0 aliphatic heterocycles. The van der Waals surface area contributed by atoms with E-state index in [9.17, 15) is 14.5 Å². The highest BCUT2D eigenvalue weighted by Gasteiger charge is 2.55. The number of hydrogen-bond donors (Lipinski definition) is 0. The van der Waals surface area contributed by atoms with Crippen LogP contribution in [0.3, 0.4) is 0 Å². The molecule has 0 saturated carbocycles. The lowest BCUT2D eigenvalue weighted by molar-refractivity contribution is -0.598. The number of nitro groups is 1. The Morgan fingerprint density at radius 1 is 0.211 bits per heavy atom. The monoisotopic (exact) mass is 2050 g/mol. The van der Waals surface area contributed by atoms with E-state index in [1.54, 1.807) is 12.1 Å². The summed E-state index contributed by atoms with van der Waals surface area (Å²) in [5.74, 6) is -95.1. The molecule has 0 aliphatic rings. The van der Waals surface area contributed by atoms with Gasteiger partial charge in [0.05, 0.1) is 55.5 Å². The minimum atomic E-state index is -6.71. The largest absolute Gasteiger partial charge is 0.358 e. The Hall–Kier alpha value is -12.8. The Balaban J connectivity index is 0.000000218. The number of nitro benzene ring substituents is 1. The number of halogens is 35. The molecular weight excluding hydrogens is 2010 g/mol. The van der Waals surface area contributed by atoms with E-state index in [1.165, 1.54) is 28.9 Å². The number of hydrogen-bond acceptors (Lipinski definition) is 2. The van der Waals surface area contributed by atoms with Crippen LogP contribution in [-0.4, -0.2) is 17.2 Å². The van der Waals surface area contributed by atoms with Gasteiger partial charge in [0.2, 0.25) is 3.57 Å². The van der Waals surface area contributed by atoms with Gasteiger partial charge in [-0.15, -0.1) is 43.7 Å². The maximum atomic E-state index is 16.1. The lowest BCUT2D eigenvalue weighted by atomic mass is 9.12. The smallest absolute Gasteiger partial charge is 0.258 e. The first kappa shape index (κ1) is 99.0. The van der Waals surface area contributed by atoms with Gasteiger partial charge in [-0.05, 0) is 54.6 Å². The van der Waals surface area contributed by atoms with Gasteiger partial charge in [0.25, 0.3) is 5.69 Å². The molecule has 0 spiro atoms. The van der Waals surface area contributed by atoms with E-state index in [-0.39, 0.29) is 107 Å². The van der Waals surface area contributed by atoms with Crippen molar-refractivity contribution in [3.05, 3.63) is 423 Å². The number of benzene rings is 12. The van der Waals surface area contributed by atoms with Crippen LogP contribution in [0.1, 0.15) is 44.5 Å². The maximum absolute atomic E-state index is 16.1. The van der Waals surface area contributed by atoms with Gasteiger partial charge in [-0.2, -0.15) is 0 Å². The van der Waals surface area contributed by atoms with E-state index in [4.69, 9.17) is 0 Å². The minimum absolute atomic E-state index is 0.0213. The third kappa shape index (κ3) is 16.8. The highest BCUT2D eigenvalue weighted by atomic mass is 127. The fourth-order valence-electron chi connectivity index (χ4n) is 13.9. The third-order valence-electron chi connectivity index (χ3n) is 19.5. The number of nitrogens with zero attached hydrogens (tertiary/aromatic N) is 1. The van der Waals surface area contributed by atoms with Gasteiger partial charge in [0.15, 0.2) is 104 Å². The summed E-state index contributed by atoms with van der Waals surface area (Å²) in [7, 11) is 0. The average molecular weight is 2050 g/mol. The summed E-state index contributed by atoms with van der Waals surface area (Å²) in [5, 5.41) is 10.6. The van der Waals surface area contributed by atoms with E-state index in [0.29, 0.717) is 0 Å². The minimum Gasteiger partial charge on any atom is -0.258 e. The zero-order valence-corrected chi connectivity index (χ0v) is 67.6. The molecule has 3 nitrogen and oxygen atoms in total. The molecule has 0 bridgehead atoms. The molecular formula is C88H42B2F33I2NO2. The van der Waals surface area contributed by atoms with Crippen molar-refractivity contribution in [2.75, 3.05) is 0 Å². The van der Waals surface area contributed by atoms with Gasteiger partial charge < -0.3 is 0 Å². The highest BCUT2D eigenvalue weighted by Crippen LogP contribution is 2.37. The molecule has 0 saturated heterocycles. The molecule has 0 aromatic heterocycles. The summed E-state index contributed by atoms with van der Waals surface area (Å²) in [6.07, 6.45) is -13.3. The molecule has 40 heteroatoms. The summed E-state index contributed by atoms with van der Waals surface area (Å²) < 4.78 is 521. The Morgan fingerprint density at radius 3 is 0.531 bits per heavy atom. The van der Waals surface area contributed by atoms with Crippen LogP contribution < -0.4 is 86.1 Å². The molecule has 12 aromatic carbocycles. The van der Waals surface area contributed by atoms with Gasteiger partial charge in [0.1, 0.15) is 111 Å². The average Bonchev–Trinajstić information content (AvgIpc) is 0.683. The predicted molar refractivity (Wildman–Crippen MR) is 407 cm³/mol. The first-order valence-electron chi connectivity index (χ1n) is 34.9. The highest BCUT2D eigenvalue weighted by molar-refractivity contribution is 7.21. The summed E-state index contributed by atoms with van der Waals surface area (Å²) in [6.45, 7) is 22.6. The fraction of sp³-hybridized carbons (Fsp3) is 0. The van der Waals surface area contributed by atoms with Crippen molar-refractivity contribution in [2.24, 2.45) is 0 Å². The zero-order chi connectivity index (χ0) is 95.6. The number of non-ortho nitro benzene ring substituents is 1. The van der Waals surface area contributed by atoms with Crippen molar-refractivity contribution in [1.29, 1.82) is 0 Å². The fourth-order valence-corrected chi connectivity index (χ4v) is 18.4. The zero-order valence-electron chi connectivity index (χ0n) is 63.3. The second kappa shape index (κ2) is 39.6. The van der Waals surface area contributed by atoms with E-state index in [2.05, 4.69) is 76.9 Å². The quantitative estimate of drug-likeness (QED) is 0.0180. The van der Waals surface area contributed by atoms with Crippen LogP contribution in [-0.2, 0) is 0 Å². The topological polar surface area (TPSA) is 43.1 Å². The first-order valence-corrected chi connectivity index (χ1v) is 39.2. The molecule has 0 unspecified atom stereocenters. The lowest BCUT2D eigenvalue weighted by Gasteiger charge is -2.45. The molecule has 0 heterocycles. The predicted octanol–water partition coefficient (Wildman–Crippen LogP) is 15.4. The molecule has 0 aliphatic carbocycles. The van der Waals surface area contributed by atoms with Crippen LogP contribution >= 0.6 is 0 Å². The van der Waals surface area contributed by atoms with E-state index in [0.717, 1.165) is 3.57 Å². The van der Waals surface area contributed by atoms with Crippen molar-refractivity contribution in [2.45, 2.75) is 0 Å². The Morgan fingerprint density at radius 2 is 0.367 bits per heavy atom. The molecule has 0 amide bonds. The van der Waals surface area contributed by atoms with Gasteiger partial charge in [-0.1, -0.05) is 144 Å². The van der Waals surface area contributed by atoms with Crippen molar-refractivity contribution >= 4 is 110 Å². The second-order valence-electron chi connectivity index (χ2n) is 26.0. The van der Waals surface area contributed by atoms with Crippen molar-refractivity contribution in [3.63, 3.8) is 0 Å². The molecule has 0 atom stereocenters.